The lowest BCUT2D eigenvalue weighted by atomic mass is 9.95. The van der Waals surface area contributed by atoms with E-state index >= 15 is 0 Å². The second kappa shape index (κ2) is 14.4. The number of nitrogens with one attached hydrogen (secondary N) is 1. The Hall–Kier alpha value is -2.82. The molecule has 0 saturated carbocycles. The maximum atomic E-state index is 13.9. The monoisotopic (exact) mass is 604 g/mol. The van der Waals surface area contributed by atoms with E-state index in [-0.39, 0.29) is 41.4 Å². The van der Waals surface area contributed by atoms with Gasteiger partial charge in [0.2, 0.25) is 10.0 Å². The Morgan fingerprint density at radius 1 is 1.05 bits per heavy atom. The fraction of sp³-hybridized carbons (Fsp3) is 0.387. The Morgan fingerprint density at radius 3 is 2.39 bits per heavy atom. The Kier molecular flexibility index (Phi) is 11.5. The van der Waals surface area contributed by atoms with Gasteiger partial charge in [0, 0.05) is 42.7 Å². The molecule has 0 heterocycles. The number of nitrogens with zero attached hydrogens (tertiary/aromatic N) is 1. The number of aryl methyl sites for hydroxylation is 2. The van der Waals surface area contributed by atoms with Gasteiger partial charge in [-0.1, -0.05) is 54.1 Å². The summed E-state index contributed by atoms with van der Waals surface area (Å²) in [5.41, 5.74) is 2.50. The molecule has 1 atom stereocenters. The van der Waals surface area contributed by atoms with Crippen molar-refractivity contribution in [3.05, 3.63) is 88.7 Å². The van der Waals surface area contributed by atoms with Crippen molar-refractivity contribution in [2.24, 2.45) is 0 Å². The largest absolute Gasteiger partial charge is 0.481 e. The normalized spacial score (nSPS) is 13.0. The second-order valence-electron chi connectivity index (χ2n) is 10.9. The number of carboxylic acid groups (broad SMARTS) is 1. The van der Waals surface area contributed by atoms with Crippen LogP contribution in [-0.4, -0.2) is 60.7 Å². The van der Waals surface area contributed by atoms with Gasteiger partial charge in [0.1, 0.15) is 5.82 Å². The summed E-state index contributed by atoms with van der Waals surface area (Å²) in [6.07, 6.45) is 1.80. The van der Waals surface area contributed by atoms with Crippen molar-refractivity contribution in [2.75, 3.05) is 20.1 Å². The zero-order chi connectivity index (χ0) is 30.2. The predicted octanol–water partition coefficient (Wildman–Crippen LogP) is 5.54. The molecule has 0 saturated heterocycles. The third-order valence-electron chi connectivity index (χ3n) is 7.01. The van der Waals surface area contributed by atoms with Crippen LogP contribution in [0.1, 0.15) is 44.2 Å². The van der Waals surface area contributed by atoms with Gasteiger partial charge in [-0.25, -0.2) is 12.8 Å². The van der Waals surface area contributed by atoms with Crippen LogP contribution >= 0.6 is 11.6 Å². The molecule has 0 amide bonds. The zero-order valence-corrected chi connectivity index (χ0v) is 25.2. The fourth-order valence-corrected chi connectivity index (χ4v) is 6.23. The molecule has 0 fully saturated rings. The number of halogens is 2. The molecule has 0 radical (unpaired) electrons. The number of hydrogen-bond donors (Lipinski definition) is 3. The average Bonchev–Trinajstić information content (AvgIpc) is 2.91. The van der Waals surface area contributed by atoms with Gasteiger partial charge in [0.05, 0.1) is 11.0 Å². The Labute approximate surface area is 247 Å². The molecular formula is C31H38ClFN2O5S. The lowest BCUT2D eigenvalue weighted by molar-refractivity contribution is -0.136. The molecule has 10 heteroatoms. The fourth-order valence-electron chi connectivity index (χ4n) is 4.65. The quantitative estimate of drug-likeness (QED) is 0.210. The number of hydrogen-bond acceptors (Lipinski definition) is 5. The number of sulfonamides is 1. The number of β-amino-alcohol motifs (C(OH)–C–C–N with tert-alkyl or cyclic N) is 1. The van der Waals surface area contributed by atoms with E-state index < -0.39 is 27.9 Å². The van der Waals surface area contributed by atoms with E-state index in [1.807, 2.05) is 18.2 Å². The van der Waals surface area contributed by atoms with Gasteiger partial charge >= 0.3 is 5.97 Å². The number of benzene rings is 3. The summed E-state index contributed by atoms with van der Waals surface area (Å²) in [7, 11) is -2.57. The Bertz CT molecular complexity index is 1430. The van der Waals surface area contributed by atoms with Gasteiger partial charge in [-0.05, 0) is 80.5 Å². The van der Waals surface area contributed by atoms with Crippen molar-refractivity contribution in [1.82, 2.24) is 9.62 Å². The first kappa shape index (κ1) is 32.7. The van der Waals surface area contributed by atoms with Gasteiger partial charge in [0.25, 0.3) is 0 Å². The summed E-state index contributed by atoms with van der Waals surface area (Å²) in [5, 5.41) is 23.1. The van der Waals surface area contributed by atoms with Gasteiger partial charge in [-0.15, -0.1) is 0 Å². The third-order valence-corrected chi connectivity index (χ3v) is 9.14. The molecular weight excluding hydrogens is 567 g/mol. The Morgan fingerprint density at radius 2 is 1.73 bits per heavy atom. The first-order valence-corrected chi connectivity index (χ1v) is 15.3. The van der Waals surface area contributed by atoms with Crippen LogP contribution in [0, 0.1) is 5.82 Å². The molecule has 0 aliphatic carbocycles. The number of aliphatic hydroxyl groups is 1. The highest BCUT2D eigenvalue weighted by Gasteiger charge is 2.26. The summed E-state index contributed by atoms with van der Waals surface area (Å²) >= 11 is 6.48. The third kappa shape index (κ3) is 9.61. The number of carboxylic acids is 1. The highest BCUT2D eigenvalue weighted by Crippen LogP contribution is 2.34. The van der Waals surface area contributed by atoms with Gasteiger partial charge in [-0.2, -0.15) is 4.31 Å². The maximum absolute atomic E-state index is 13.9. The smallest absolute Gasteiger partial charge is 0.303 e. The highest BCUT2D eigenvalue weighted by molar-refractivity contribution is 7.89. The van der Waals surface area contributed by atoms with Crippen molar-refractivity contribution >= 4 is 27.6 Å². The minimum atomic E-state index is -3.97. The molecule has 0 aromatic heterocycles. The van der Waals surface area contributed by atoms with Crippen LogP contribution in [0.25, 0.3) is 11.1 Å². The molecule has 3 aromatic carbocycles. The number of likely N-dealkylation sites (N-methyl/N-ethyl adjacent to an activating group) is 1. The average molecular weight is 605 g/mol. The summed E-state index contributed by atoms with van der Waals surface area (Å²) < 4.78 is 41.4. The SMILES string of the molecule is CN(C[C@H](O)CNC(C)(C)CCCc1ccccc1)S(=O)(=O)c1ccc(-c2ccc(F)cc2CCC(=O)O)c(Cl)c1. The van der Waals surface area contributed by atoms with Crippen LogP contribution in [0.15, 0.2) is 71.6 Å². The molecule has 3 N–H and O–H groups in total. The van der Waals surface area contributed by atoms with Crippen LogP contribution in [0.3, 0.4) is 0 Å². The molecule has 0 unspecified atom stereocenters. The molecule has 3 aromatic rings. The topological polar surface area (TPSA) is 107 Å². The lowest BCUT2D eigenvalue weighted by Gasteiger charge is -2.29. The molecule has 0 aliphatic rings. The minimum absolute atomic E-state index is 0.0515. The summed E-state index contributed by atoms with van der Waals surface area (Å²) in [6.45, 7) is 4.22. The van der Waals surface area contributed by atoms with Crippen molar-refractivity contribution < 1.29 is 27.8 Å². The molecule has 222 valence electrons. The molecule has 3 rings (SSSR count). The molecule has 0 bridgehead atoms. The molecule has 0 spiro atoms. The van der Waals surface area contributed by atoms with E-state index in [4.69, 9.17) is 16.7 Å². The summed E-state index contributed by atoms with van der Waals surface area (Å²) in [5.74, 6) is -1.52. The zero-order valence-electron chi connectivity index (χ0n) is 23.6. The van der Waals surface area contributed by atoms with Crippen molar-refractivity contribution in [2.45, 2.75) is 62.5 Å². The van der Waals surface area contributed by atoms with E-state index in [1.165, 1.54) is 49.0 Å². The van der Waals surface area contributed by atoms with Crippen molar-refractivity contribution in [1.29, 1.82) is 0 Å². The summed E-state index contributed by atoms with van der Waals surface area (Å²) in [6, 6.07) is 18.5. The van der Waals surface area contributed by atoms with Crippen LogP contribution in [0.4, 0.5) is 4.39 Å². The van der Waals surface area contributed by atoms with Crippen molar-refractivity contribution in [3.63, 3.8) is 0 Å². The van der Waals surface area contributed by atoms with Gasteiger partial charge in [-0.3, -0.25) is 4.79 Å². The molecule has 7 nitrogen and oxygen atoms in total. The van der Waals surface area contributed by atoms with Gasteiger partial charge in [0.15, 0.2) is 0 Å². The number of carbonyl (C=O) groups is 1. The summed E-state index contributed by atoms with van der Waals surface area (Å²) in [4.78, 5) is 11.0. The molecule has 0 aliphatic heterocycles. The number of aliphatic carboxylic acids is 1. The van der Waals surface area contributed by atoms with E-state index in [2.05, 4.69) is 31.3 Å². The Balaban J connectivity index is 1.62. The van der Waals surface area contributed by atoms with Crippen LogP contribution in [-0.2, 0) is 27.7 Å². The number of aliphatic hydroxyl groups excluding tert-OH is 1. The van der Waals surface area contributed by atoms with E-state index in [0.717, 1.165) is 23.6 Å². The van der Waals surface area contributed by atoms with Gasteiger partial charge < -0.3 is 15.5 Å². The standard InChI is InChI=1S/C31H38ClFN2O5S/c1-31(2,17-7-10-22-8-5-4-6-9-22)34-20-25(36)21-35(3)41(39,40)26-13-15-28(29(32)19-26)27-14-12-24(33)18-23(27)11-16-30(37)38/h4-6,8-9,12-15,18-19,25,34,36H,7,10-11,16-17,20-21H2,1-3H3,(H,37,38)/t25-/m1/s1. The first-order chi connectivity index (χ1) is 19.3. The van der Waals surface area contributed by atoms with E-state index in [1.54, 1.807) is 0 Å². The predicted molar refractivity (Wildman–Crippen MR) is 160 cm³/mol. The highest BCUT2D eigenvalue weighted by atomic mass is 35.5. The number of rotatable bonds is 15. The first-order valence-electron chi connectivity index (χ1n) is 13.5. The maximum Gasteiger partial charge on any atom is 0.303 e. The minimum Gasteiger partial charge on any atom is -0.481 e. The van der Waals surface area contributed by atoms with Crippen LogP contribution in [0.2, 0.25) is 5.02 Å². The van der Waals surface area contributed by atoms with E-state index in [9.17, 15) is 22.7 Å². The van der Waals surface area contributed by atoms with E-state index in [0.29, 0.717) is 16.7 Å². The lowest BCUT2D eigenvalue weighted by Crippen LogP contribution is -2.46. The molecule has 41 heavy (non-hydrogen) atoms. The van der Waals surface area contributed by atoms with Crippen LogP contribution in [0.5, 0.6) is 0 Å². The van der Waals surface area contributed by atoms with Crippen molar-refractivity contribution in [3.8, 4) is 11.1 Å². The van der Waals surface area contributed by atoms with Crippen LogP contribution < -0.4 is 5.32 Å². The second-order valence-corrected chi connectivity index (χ2v) is 13.3.